The fourth-order valence-electron chi connectivity index (χ4n) is 3.12. The highest BCUT2D eigenvalue weighted by Crippen LogP contribution is 2.42. The number of nitrogens with one attached hydrogen (secondary N) is 1. The van der Waals surface area contributed by atoms with Crippen molar-refractivity contribution in [1.29, 1.82) is 0 Å². The Morgan fingerprint density at radius 1 is 1.19 bits per heavy atom. The van der Waals surface area contributed by atoms with E-state index in [-0.39, 0.29) is 23.0 Å². The molecule has 0 aromatic heterocycles. The molecule has 2 fully saturated rings. The van der Waals surface area contributed by atoms with Crippen molar-refractivity contribution in [3.8, 4) is 0 Å². The summed E-state index contributed by atoms with van der Waals surface area (Å²) in [5.74, 6) is 0.0320. The van der Waals surface area contributed by atoms with Gasteiger partial charge in [-0.3, -0.25) is 14.5 Å². The second kappa shape index (κ2) is 6.76. The molecule has 2 aromatic carbocycles. The van der Waals surface area contributed by atoms with E-state index in [0.717, 1.165) is 29.7 Å². The van der Waals surface area contributed by atoms with Crippen LogP contribution in [0.2, 0.25) is 0 Å². The normalized spacial score (nSPS) is 19.7. The fraction of sp³-hybridized carbons (Fsp3) is 0.300. The number of nitrogens with zero attached hydrogens (tertiary/aromatic N) is 1. The Balaban J connectivity index is 1.62. The maximum absolute atomic E-state index is 13.2. The van der Waals surface area contributed by atoms with Gasteiger partial charge in [0.15, 0.2) is 0 Å². The molecule has 1 heterocycles. The van der Waals surface area contributed by atoms with Crippen molar-refractivity contribution in [3.63, 3.8) is 0 Å². The van der Waals surface area contributed by atoms with Gasteiger partial charge in [-0.2, -0.15) is 0 Å². The number of carbonyl (C=O) groups is 2. The summed E-state index contributed by atoms with van der Waals surface area (Å²) in [6.45, 7) is 1.90. The van der Waals surface area contributed by atoms with Gasteiger partial charge in [0.25, 0.3) is 5.91 Å². The van der Waals surface area contributed by atoms with E-state index < -0.39 is 0 Å². The van der Waals surface area contributed by atoms with Crippen LogP contribution in [0.1, 0.15) is 39.7 Å². The zero-order valence-electron chi connectivity index (χ0n) is 14.4. The molecule has 6 heteroatoms. The van der Waals surface area contributed by atoms with Crippen LogP contribution in [-0.2, 0) is 4.79 Å². The molecule has 134 valence electrons. The topological polar surface area (TPSA) is 49.4 Å². The van der Waals surface area contributed by atoms with E-state index in [2.05, 4.69) is 5.32 Å². The van der Waals surface area contributed by atoms with Gasteiger partial charge in [-0.15, -0.1) is 11.8 Å². The number of halogens is 1. The number of rotatable bonds is 4. The van der Waals surface area contributed by atoms with Gasteiger partial charge in [0, 0.05) is 17.3 Å². The highest BCUT2D eigenvalue weighted by molar-refractivity contribution is 8.00. The number of hydrogen-bond acceptors (Lipinski definition) is 3. The third kappa shape index (κ3) is 3.33. The molecule has 1 saturated carbocycles. The lowest BCUT2D eigenvalue weighted by Gasteiger charge is -2.26. The van der Waals surface area contributed by atoms with Gasteiger partial charge < -0.3 is 5.32 Å². The molecule has 2 aliphatic rings. The molecule has 0 bridgehead atoms. The van der Waals surface area contributed by atoms with Crippen LogP contribution in [0, 0.1) is 12.7 Å². The van der Waals surface area contributed by atoms with Crippen LogP contribution in [0.5, 0.6) is 0 Å². The average molecular weight is 370 g/mol. The molecule has 2 aromatic rings. The molecule has 1 aliphatic heterocycles. The molecule has 0 spiro atoms. The second-order valence-corrected chi connectivity index (χ2v) is 7.80. The maximum Gasteiger partial charge on any atom is 0.251 e. The third-order valence-corrected chi connectivity index (χ3v) is 5.87. The minimum atomic E-state index is -0.295. The molecule has 26 heavy (non-hydrogen) atoms. The number of carbonyl (C=O) groups excluding carboxylic acids is 2. The van der Waals surface area contributed by atoms with Crippen molar-refractivity contribution in [2.75, 3.05) is 10.7 Å². The average Bonchev–Trinajstić information content (AvgIpc) is 3.36. The van der Waals surface area contributed by atoms with Gasteiger partial charge in [-0.05, 0) is 61.2 Å². The van der Waals surface area contributed by atoms with E-state index in [4.69, 9.17) is 0 Å². The van der Waals surface area contributed by atoms with Crippen molar-refractivity contribution < 1.29 is 14.0 Å². The molecule has 1 unspecified atom stereocenters. The first-order chi connectivity index (χ1) is 12.5. The van der Waals surface area contributed by atoms with Crippen LogP contribution >= 0.6 is 11.8 Å². The lowest BCUT2D eigenvalue weighted by Crippen LogP contribution is -2.29. The summed E-state index contributed by atoms with van der Waals surface area (Å²) < 4.78 is 13.2. The number of amides is 2. The molecule has 0 radical (unpaired) electrons. The van der Waals surface area contributed by atoms with Gasteiger partial charge in [-0.1, -0.05) is 12.1 Å². The summed E-state index contributed by atoms with van der Waals surface area (Å²) >= 11 is 1.52. The highest BCUT2D eigenvalue weighted by Gasteiger charge is 2.35. The number of aryl methyl sites for hydroxylation is 1. The predicted molar refractivity (Wildman–Crippen MR) is 101 cm³/mol. The first-order valence-electron chi connectivity index (χ1n) is 8.63. The van der Waals surface area contributed by atoms with Crippen LogP contribution in [0.3, 0.4) is 0 Å². The Bertz CT molecular complexity index is 865. The molecule has 1 atom stereocenters. The van der Waals surface area contributed by atoms with Crippen LogP contribution in [0.15, 0.2) is 42.5 Å². The standard InChI is InChI=1S/C20H19FN2O2S/c1-12-10-14(19(25)22-16-7-8-16)4-9-17(12)23-18(24)11-26-20(23)13-2-5-15(21)6-3-13/h2-6,9-10,16,20H,7-8,11H2,1H3,(H,22,25). The molecular formula is C20H19FN2O2S. The number of thioether (sulfide) groups is 1. The molecule has 1 aliphatic carbocycles. The van der Waals surface area contributed by atoms with Crippen LogP contribution < -0.4 is 10.2 Å². The Morgan fingerprint density at radius 2 is 1.92 bits per heavy atom. The summed E-state index contributed by atoms with van der Waals surface area (Å²) in [6, 6.07) is 12.0. The summed E-state index contributed by atoms with van der Waals surface area (Å²) in [7, 11) is 0. The first kappa shape index (κ1) is 17.1. The quantitative estimate of drug-likeness (QED) is 0.890. The van der Waals surface area contributed by atoms with Gasteiger partial charge in [0.1, 0.15) is 11.2 Å². The van der Waals surface area contributed by atoms with Gasteiger partial charge in [-0.25, -0.2) is 4.39 Å². The molecule has 4 nitrogen and oxygen atoms in total. The predicted octanol–water partition coefficient (Wildman–Crippen LogP) is 3.80. The fourth-order valence-corrected chi connectivity index (χ4v) is 4.29. The summed E-state index contributed by atoms with van der Waals surface area (Å²) in [5.41, 5.74) is 3.15. The van der Waals surface area contributed by atoms with Gasteiger partial charge in [0.2, 0.25) is 5.91 Å². The van der Waals surface area contributed by atoms with Crippen molar-refractivity contribution in [3.05, 3.63) is 65.0 Å². The minimum Gasteiger partial charge on any atom is -0.349 e. The SMILES string of the molecule is Cc1cc(C(=O)NC2CC2)ccc1N1C(=O)CSC1c1ccc(F)cc1. The number of anilines is 1. The van der Waals surface area contributed by atoms with Crippen LogP contribution in [0.4, 0.5) is 10.1 Å². The summed E-state index contributed by atoms with van der Waals surface area (Å²) in [5, 5.41) is 2.79. The molecular weight excluding hydrogens is 351 g/mol. The zero-order valence-corrected chi connectivity index (χ0v) is 15.2. The maximum atomic E-state index is 13.2. The lowest BCUT2D eigenvalue weighted by atomic mass is 10.1. The van der Waals surface area contributed by atoms with E-state index in [1.807, 2.05) is 19.1 Å². The molecule has 1 N–H and O–H groups in total. The van der Waals surface area contributed by atoms with Crippen molar-refractivity contribution in [2.45, 2.75) is 31.2 Å². The highest BCUT2D eigenvalue weighted by atomic mass is 32.2. The van der Waals surface area contributed by atoms with Crippen LogP contribution in [-0.4, -0.2) is 23.6 Å². The Kier molecular flexibility index (Phi) is 4.44. The van der Waals surface area contributed by atoms with E-state index in [1.54, 1.807) is 23.1 Å². The van der Waals surface area contributed by atoms with Gasteiger partial charge in [0.05, 0.1) is 5.75 Å². The van der Waals surface area contributed by atoms with Crippen LogP contribution in [0.25, 0.3) is 0 Å². The first-order valence-corrected chi connectivity index (χ1v) is 9.68. The molecule has 1 saturated heterocycles. The Labute approximate surface area is 155 Å². The van der Waals surface area contributed by atoms with Crippen molar-refractivity contribution in [1.82, 2.24) is 5.32 Å². The van der Waals surface area contributed by atoms with E-state index >= 15 is 0 Å². The second-order valence-electron chi connectivity index (χ2n) is 6.73. The van der Waals surface area contributed by atoms with E-state index in [1.165, 1.54) is 23.9 Å². The third-order valence-electron chi connectivity index (χ3n) is 4.65. The van der Waals surface area contributed by atoms with Crippen molar-refractivity contribution in [2.24, 2.45) is 0 Å². The summed E-state index contributed by atoms with van der Waals surface area (Å²) in [4.78, 5) is 26.5. The Morgan fingerprint density at radius 3 is 2.58 bits per heavy atom. The number of benzene rings is 2. The Hall–Kier alpha value is -2.34. The number of hydrogen-bond donors (Lipinski definition) is 1. The minimum absolute atomic E-state index is 0.0163. The van der Waals surface area contributed by atoms with Crippen molar-refractivity contribution >= 4 is 29.3 Å². The summed E-state index contributed by atoms with van der Waals surface area (Å²) in [6.07, 6.45) is 2.09. The molecule has 4 rings (SSSR count). The smallest absolute Gasteiger partial charge is 0.251 e. The largest absolute Gasteiger partial charge is 0.349 e. The lowest BCUT2D eigenvalue weighted by molar-refractivity contribution is -0.115. The van der Waals surface area contributed by atoms with Gasteiger partial charge >= 0.3 is 0 Å². The van der Waals surface area contributed by atoms with E-state index in [0.29, 0.717) is 17.4 Å². The monoisotopic (exact) mass is 370 g/mol. The van der Waals surface area contributed by atoms with E-state index in [9.17, 15) is 14.0 Å². The zero-order chi connectivity index (χ0) is 18.3. The molecule has 2 amide bonds.